The summed E-state index contributed by atoms with van der Waals surface area (Å²) < 4.78 is 5.93. The van der Waals surface area contributed by atoms with Crippen molar-refractivity contribution in [1.82, 2.24) is 5.32 Å². The molecule has 0 radical (unpaired) electrons. The van der Waals surface area contributed by atoms with Crippen molar-refractivity contribution in [1.29, 1.82) is 0 Å². The Labute approximate surface area is 136 Å². The maximum absolute atomic E-state index is 6.15. The molecule has 1 N–H and O–H groups in total. The summed E-state index contributed by atoms with van der Waals surface area (Å²) in [7, 11) is 0. The summed E-state index contributed by atoms with van der Waals surface area (Å²) in [6.07, 6.45) is 2.59. The Morgan fingerprint density at radius 1 is 1.00 bits per heavy atom. The molecule has 3 rings (SSSR count). The standard InChI is InChI=1S/C17H18ClNO.ClH/c18-16-7-3-1-6-14(16)12-20-17-8-4-2-5-13(17)11-19-15-9-10-15;/h1-8,15,19H,9-12H2;1H. The van der Waals surface area contributed by atoms with Crippen LogP contribution < -0.4 is 10.1 Å². The van der Waals surface area contributed by atoms with Crippen LogP contribution in [0.1, 0.15) is 24.0 Å². The molecule has 2 aromatic rings. The number of benzene rings is 2. The van der Waals surface area contributed by atoms with E-state index in [1.807, 2.05) is 42.5 Å². The first-order valence-electron chi connectivity index (χ1n) is 7.00. The third kappa shape index (κ3) is 4.63. The monoisotopic (exact) mass is 323 g/mol. The zero-order valence-corrected chi connectivity index (χ0v) is 13.3. The Bertz CT molecular complexity index is 585. The van der Waals surface area contributed by atoms with Gasteiger partial charge < -0.3 is 10.1 Å². The molecule has 0 spiro atoms. The van der Waals surface area contributed by atoms with Crippen LogP contribution in [0, 0.1) is 0 Å². The van der Waals surface area contributed by atoms with E-state index in [9.17, 15) is 0 Å². The number of hydrogen-bond donors (Lipinski definition) is 1. The third-order valence-electron chi connectivity index (χ3n) is 3.47. The summed E-state index contributed by atoms with van der Waals surface area (Å²) >= 11 is 6.15. The lowest BCUT2D eigenvalue weighted by atomic mass is 10.2. The van der Waals surface area contributed by atoms with Crippen LogP contribution in [-0.2, 0) is 13.2 Å². The van der Waals surface area contributed by atoms with Crippen molar-refractivity contribution in [2.75, 3.05) is 0 Å². The molecule has 1 aliphatic rings. The number of nitrogens with one attached hydrogen (secondary N) is 1. The van der Waals surface area contributed by atoms with E-state index in [0.717, 1.165) is 22.9 Å². The minimum atomic E-state index is 0. The second-order valence-electron chi connectivity index (χ2n) is 5.14. The molecule has 1 aliphatic carbocycles. The van der Waals surface area contributed by atoms with Gasteiger partial charge in [-0.3, -0.25) is 0 Å². The number of rotatable bonds is 6. The van der Waals surface area contributed by atoms with Crippen LogP contribution in [-0.4, -0.2) is 6.04 Å². The van der Waals surface area contributed by atoms with Gasteiger partial charge in [0.1, 0.15) is 12.4 Å². The Balaban J connectivity index is 0.00000161. The van der Waals surface area contributed by atoms with Gasteiger partial charge in [0.2, 0.25) is 0 Å². The van der Waals surface area contributed by atoms with Crippen molar-refractivity contribution >= 4 is 24.0 Å². The quantitative estimate of drug-likeness (QED) is 0.839. The van der Waals surface area contributed by atoms with Crippen LogP contribution >= 0.6 is 24.0 Å². The molecular formula is C17H19Cl2NO. The van der Waals surface area contributed by atoms with Gasteiger partial charge >= 0.3 is 0 Å². The van der Waals surface area contributed by atoms with Gasteiger partial charge in [-0.05, 0) is 25.0 Å². The average Bonchev–Trinajstić information content (AvgIpc) is 3.29. The minimum Gasteiger partial charge on any atom is -0.489 e. The second-order valence-corrected chi connectivity index (χ2v) is 5.55. The van der Waals surface area contributed by atoms with Gasteiger partial charge in [-0.25, -0.2) is 0 Å². The van der Waals surface area contributed by atoms with Crippen molar-refractivity contribution in [2.45, 2.75) is 32.0 Å². The van der Waals surface area contributed by atoms with Gasteiger partial charge in [-0.2, -0.15) is 0 Å². The first kappa shape index (κ1) is 16.2. The topological polar surface area (TPSA) is 21.3 Å². The smallest absolute Gasteiger partial charge is 0.124 e. The molecule has 2 nitrogen and oxygen atoms in total. The lowest BCUT2D eigenvalue weighted by Crippen LogP contribution is -2.16. The number of halogens is 2. The summed E-state index contributed by atoms with van der Waals surface area (Å²) in [6.45, 7) is 1.36. The molecule has 21 heavy (non-hydrogen) atoms. The minimum absolute atomic E-state index is 0. The van der Waals surface area contributed by atoms with Gasteiger partial charge in [-0.15, -0.1) is 12.4 Å². The highest BCUT2D eigenvalue weighted by molar-refractivity contribution is 6.31. The van der Waals surface area contributed by atoms with E-state index >= 15 is 0 Å². The van der Waals surface area contributed by atoms with Crippen molar-refractivity contribution in [3.05, 3.63) is 64.7 Å². The highest BCUT2D eigenvalue weighted by atomic mass is 35.5. The lowest BCUT2D eigenvalue weighted by Gasteiger charge is -2.12. The van der Waals surface area contributed by atoms with Gasteiger partial charge in [0, 0.05) is 28.7 Å². The fourth-order valence-corrected chi connectivity index (χ4v) is 2.29. The zero-order chi connectivity index (χ0) is 13.8. The van der Waals surface area contributed by atoms with Crippen LogP contribution in [0.4, 0.5) is 0 Å². The molecule has 2 aromatic carbocycles. The summed E-state index contributed by atoms with van der Waals surface area (Å²) in [5, 5.41) is 4.27. The van der Waals surface area contributed by atoms with Crippen LogP contribution in [0.15, 0.2) is 48.5 Å². The van der Waals surface area contributed by atoms with E-state index in [2.05, 4.69) is 11.4 Å². The molecule has 1 fully saturated rings. The Morgan fingerprint density at radius 2 is 1.67 bits per heavy atom. The van der Waals surface area contributed by atoms with Crippen molar-refractivity contribution < 1.29 is 4.74 Å². The summed E-state index contributed by atoms with van der Waals surface area (Å²) in [5.41, 5.74) is 2.21. The van der Waals surface area contributed by atoms with E-state index in [0.29, 0.717) is 12.6 Å². The molecule has 0 amide bonds. The Morgan fingerprint density at radius 3 is 2.38 bits per heavy atom. The molecule has 0 aliphatic heterocycles. The maximum atomic E-state index is 6.15. The third-order valence-corrected chi connectivity index (χ3v) is 3.84. The Hall–Kier alpha value is -1.22. The Kier molecular flexibility index (Phi) is 5.92. The number of ether oxygens (including phenoxy) is 1. The average molecular weight is 324 g/mol. The summed E-state index contributed by atoms with van der Waals surface area (Å²) in [4.78, 5) is 0. The molecule has 112 valence electrons. The predicted molar refractivity (Wildman–Crippen MR) is 89.3 cm³/mol. The molecule has 0 atom stereocenters. The van der Waals surface area contributed by atoms with Gasteiger partial charge in [0.15, 0.2) is 0 Å². The molecule has 0 aromatic heterocycles. The summed E-state index contributed by atoms with van der Waals surface area (Å²) in [5.74, 6) is 0.931. The molecule has 0 bridgehead atoms. The van der Waals surface area contributed by atoms with E-state index in [-0.39, 0.29) is 12.4 Å². The molecular weight excluding hydrogens is 305 g/mol. The number of hydrogen-bond acceptors (Lipinski definition) is 2. The predicted octanol–water partition coefficient (Wildman–Crippen LogP) is 4.59. The second kappa shape index (κ2) is 7.69. The summed E-state index contributed by atoms with van der Waals surface area (Å²) in [6, 6.07) is 16.7. The van der Waals surface area contributed by atoms with Crippen LogP contribution in [0.25, 0.3) is 0 Å². The van der Waals surface area contributed by atoms with Crippen LogP contribution in [0.5, 0.6) is 5.75 Å². The fraction of sp³-hybridized carbons (Fsp3) is 0.294. The highest BCUT2D eigenvalue weighted by Gasteiger charge is 2.20. The van der Waals surface area contributed by atoms with Gasteiger partial charge in [-0.1, -0.05) is 48.0 Å². The van der Waals surface area contributed by atoms with E-state index in [1.165, 1.54) is 18.4 Å². The largest absolute Gasteiger partial charge is 0.489 e. The van der Waals surface area contributed by atoms with Crippen LogP contribution in [0.3, 0.4) is 0 Å². The molecule has 0 saturated heterocycles. The lowest BCUT2D eigenvalue weighted by molar-refractivity contribution is 0.302. The van der Waals surface area contributed by atoms with E-state index in [1.54, 1.807) is 0 Å². The fourth-order valence-electron chi connectivity index (χ4n) is 2.10. The van der Waals surface area contributed by atoms with E-state index < -0.39 is 0 Å². The first-order valence-corrected chi connectivity index (χ1v) is 7.38. The normalized spacial score (nSPS) is 13.6. The first-order chi connectivity index (χ1) is 9.83. The van der Waals surface area contributed by atoms with Crippen molar-refractivity contribution in [2.24, 2.45) is 0 Å². The zero-order valence-electron chi connectivity index (χ0n) is 11.7. The highest BCUT2D eigenvalue weighted by Crippen LogP contribution is 2.24. The molecule has 0 unspecified atom stereocenters. The van der Waals surface area contributed by atoms with Gasteiger partial charge in [0.25, 0.3) is 0 Å². The molecule has 1 saturated carbocycles. The maximum Gasteiger partial charge on any atom is 0.124 e. The molecule has 0 heterocycles. The van der Waals surface area contributed by atoms with Crippen molar-refractivity contribution in [3.8, 4) is 5.75 Å². The SMILES string of the molecule is Cl.Clc1ccccc1COc1ccccc1CNC1CC1. The van der Waals surface area contributed by atoms with Crippen LogP contribution in [0.2, 0.25) is 5.02 Å². The van der Waals surface area contributed by atoms with E-state index in [4.69, 9.17) is 16.3 Å². The molecule has 4 heteroatoms. The number of para-hydroxylation sites is 1. The van der Waals surface area contributed by atoms with Gasteiger partial charge in [0.05, 0.1) is 0 Å². The van der Waals surface area contributed by atoms with Crippen molar-refractivity contribution in [3.63, 3.8) is 0 Å².